The lowest BCUT2D eigenvalue weighted by atomic mass is 10.0. The van der Waals surface area contributed by atoms with Gasteiger partial charge in [-0.25, -0.2) is 14.5 Å². The summed E-state index contributed by atoms with van der Waals surface area (Å²) >= 11 is 3.42. The highest BCUT2D eigenvalue weighted by atomic mass is 79.9. The molecule has 0 amide bonds. The number of ether oxygens (including phenoxy) is 1. The second kappa shape index (κ2) is 27.9. The zero-order valence-electron chi connectivity index (χ0n) is 43.4. The summed E-state index contributed by atoms with van der Waals surface area (Å²) in [5.74, 6) is 1.94. The van der Waals surface area contributed by atoms with Gasteiger partial charge >= 0.3 is 0 Å². The molecule has 1 heterocycles. The van der Waals surface area contributed by atoms with Crippen molar-refractivity contribution in [2.24, 2.45) is 10.9 Å². The molecule has 0 spiro atoms. The number of hydrogen-bond acceptors (Lipinski definition) is 11. The van der Waals surface area contributed by atoms with E-state index in [1.807, 2.05) is 80.6 Å². The van der Waals surface area contributed by atoms with Crippen LogP contribution in [0.3, 0.4) is 0 Å². The quantitative estimate of drug-likeness (QED) is 0.0273. The lowest BCUT2D eigenvalue weighted by molar-refractivity contribution is 0.0986. The van der Waals surface area contributed by atoms with Gasteiger partial charge in [0.15, 0.2) is 28.8 Å². The van der Waals surface area contributed by atoms with Crippen molar-refractivity contribution in [1.29, 1.82) is 0 Å². The average Bonchev–Trinajstić information content (AvgIpc) is 4.42. The van der Waals surface area contributed by atoms with Gasteiger partial charge < -0.3 is 35.5 Å². The van der Waals surface area contributed by atoms with Crippen LogP contribution in [0.15, 0.2) is 123 Å². The summed E-state index contributed by atoms with van der Waals surface area (Å²) in [5, 5.41) is 44.9. The van der Waals surface area contributed by atoms with Gasteiger partial charge in [0, 0.05) is 45.1 Å². The molecule has 0 aliphatic heterocycles. The molecular weight excluding hydrogens is 1060 g/mol. The van der Waals surface area contributed by atoms with Crippen molar-refractivity contribution in [3.63, 3.8) is 0 Å². The Hall–Kier alpha value is -8.24. The maximum absolute atomic E-state index is 11.2. The zero-order chi connectivity index (χ0) is 56.0. The molecule has 6 N–H and O–H groups in total. The Morgan fingerprint density at radius 2 is 1.15 bits per heavy atom. The Morgan fingerprint density at radius 3 is 1.75 bits per heavy atom. The normalized spacial score (nSPS) is 16.4. The van der Waals surface area contributed by atoms with Crippen molar-refractivity contribution >= 4 is 58.2 Å². The molecule has 1 aromatic heterocycles. The van der Waals surface area contributed by atoms with E-state index in [4.69, 9.17) is 39.9 Å². The number of aromatic nitrogens is 2. The highest BCUT2D eigenvalue weighted by Crippen LogP contribution is 2.40. The molecule has 0 saturated carbocycles. The standard InChI is InChI=1S/C21H19N3O3.C10H12N2O2.C10H9NO.C10H7NO.C9H7BrO.CH3B.CH4/c1-12(2)26-19-10-7-13(11-17(19)22-3)21-23-20(24-27-21)16-6-4-5-15-14(16)8-9-18(15)25;11-10(12-14)8-3-1-2-7-6(8)4-5-9(7)13;2*1-11-9-4-2-3-8-7(9)5-6-10(8)12;10-8-3-1-2-7-6(8)4-5-9(7)11;1-2;/h4-7,10-12,18,25H,8-9H2,1-2H3;1-3,9,13-14H,4-5H2,(H2,11,12);2-4,10,12H,5-6H2;2-4H,5-6H2;1-3H,4-5H2;1H3;1H4/t18-;9-;10-;;;;/m111..../s1. The fraction of sp³-hybridized carbons (Fsp3) is 0.290. The molecule has 2 radical (unpaired) electrons. The van der Waals surface area contributed by atoms with Gasteiger partial charge in [-0.3, -0.25) is 9.59 Å². The van der Waals surface area contributed by atoms with E-state index in [-0.39, 0.29) is 37.0 Å². The third-order valence-corrected chi connectivity index (χ3v) is 14.5. The number of carbonyl (C=O) groups is 2. The van der Waals surface area contributed by atoms with Crippen LogP contribution in [0.2, 0.25) is 6.82 Å². The number of halogens is 1. The van der Waals surface area contributed by atoms with Gasteiger partial charge in [0.05, 0.1) is 52.0 Å². The molecule has 79 heavy (non-hydrogen) atoms. The third-order valence-electron chi connectivity index (χ3n) is 13.7. The van der Waals surface area contributed by atoms with Crippen LogP contribution in [0, 0.1) is 19.7 Å². The van der Waals surface area contributed by atoms with E-state index in [1.165, 1.54) is 12.4 Å². The molecule has 0 fully saturated rings. The first-order valence-corrected chi connectivity index (χ1v) is 26.2. The number of rotatable bonds is 5. The maximum Gasteiger partial charge on any atom is 0.256 e. The van der Waals surface area contributed by atoms with Crippen molar-refractivity contribution in [1.82, 2.24) is 10.1 Å². The predicted molar refractivity (Wildman–Crippen MR) is 309 cm³/mol. The van der Waals surface area contributed by atoms with Crippen LogP contribution in [0.1, 0.15) is 142 Å². The second-order valence-electron chi connectivity index (χ2n) is 18.8. The summed E-state index contributed by atoms with van der Waals surface area (Å²) < 4.78 is 12.2. The number of amidine groups is 1. The van der Waals surface area contributed by atoms with Crippen LogP contribution in [-0.2, 0) is 32.1 Å². The summed E-state index contributed by atoms with van der Waals surface area (Å²) in [7, 11) is 4.50. The van der Waals surface area contributed by atoms with Crippen molar-refractivity contribution in [3.05, 3.63) is 209 Å². The molecule has 6 aromatic carbocycles. The molecule has 7 aromatic rings. The number of ketones is 2. The first-order valence-electron chi connectivity index (χ1n) is 25.4. The van der Waals surface area contributed by atoms with Crippen LogP contribution < -0.4 is 10.5 Å². The minimum absolute atomic E-state index is 0. The largest absolute Gasteiger partial charge is 0.502 e. The number of benzene rings is 6. The van der Waals surface area contributed by atoms with E-state index in [2.05, 4.69) is 53.6 Å². The van der Waals surface area contributed by atoms with E-state index in [0.29, 0.717) is 65.8 Å². The molecular formula is C62H61BBrN7O8. The lowest BCUT2D eigenvalue weighted by Crippen LogP contribution is -2.15. The first-order chi connectivity index (χ1) is 37.7. The summed E-state index contributed by atoms with van der Waals surface area (Å²) in [6.07, 6.45) is 6.30. The molecule has 402 valence electrons. The van der Waals surface area contributed by atoms with Crippen LogP contribution in [-0.4, -0.2) is 62.0 Å². The predicted octanol–water partition coefficient (Wildman–Crippen LogP) is 13.5. The van der Waals surface area contributed by atoms with Crippen molar-refractivity contribution in [2.75, 3.05) is 0 Å². The van der Waals surface area contributed by atoms with E-state index >= 15 is 0 Å². The summed E-state index contributed by atoms with van der Waals surface area (Å²) in [6.45, 7) is 26.5. The number of nitrogens with two attached hydrogens (primary N) is 1. The Morgan fingerprint density at radius 1 is 0.658 bits per heavy atom. The number of aliphatic hydroxyl groups excluding tert-OH is 3. The molecule has 0 unspecified atom stereocenters. The van der Waals surface area contributed by atoms with Crippen molar-refractivity contribution in [2.45, 2.75) is 117 Å². The number of fused-ring (bicyclic) bond motifs is 5. The van der Waals surface area contributed by atoms with Gasteiger partial charge in [0.25, 0.3) is 5.89 Å². The monoisotopic (exact) mass is 1120 g/mol. The zero-order valence-corrected chi connectivity index (χ0v) is 45.0. The highest BCUT2D eigenvalue weighted by molar-refractivity contribution is 9.10. The number of nitrogens with zero attached hydrogens (tertiary/aromatic N) is 6. The van der Waals surface area contributed by atoms with Crippen molar-refractivity contribution in [3.8, 4) is 28.6 Å². The molecule has 17 heteroatoms. The van der Waals surface area contributed by atoms with Crippen molar-refractivity contribution < 1.29 is 39.4 Å². The topological polar surface area (TPSA) is 215 Å². The third kappa shape index (κ3) is 13.7. The van der Waals surface area contributed by atoms with Crippen LogP contribution in [0.25, 0.3) is 37.4 Å². The van der Waals surface area contributed by atoms with Gasteiger partial charge in [0.2, 0.25) is 11.5 Å². The molecule has 3 atom stereocenters. The molecule has 12 rings (SSSR count). The van der Waals surface area contributed by atoms with E-state index in [0.717, 1.165) is 104 Å². The highest BCUT2D eigenvalue weighted by Gasteiger charge is 2.27. The second-order valence-corrected chi connectivity index (χ2v) is 19.6. The number of hydrogen-bond donors (Lipinski definition) is 5. The summed E-state index contributed by atoms with van der Waals surface area (Å²) in [5.41, 5.74) is 19.2. The fourth-order valence-electron chi connectivity index (χ4n) is 10.1. The summed E-state index contributed by atoms with van der Waals surface area (Å²) in [4.78, 5) is 37.3. The molecule has 0 saturated heterocycles. The Balaban J connectivity index is 0.000000166. The minimum Gasteiger partial charge on any atom is -0.502 e. The SMILES string of the molecule is C.NC(=NO)c1cccc2c1CC[C@H]2O.O=C1CCc2c(Br)cccc21.[B]C.[C-]#[N+]c1cc(-c2nc(-c3cccc4c3CC[C@H]4O)no2)ccc1OC(C)C.[C-]#[N+]c1cccc2c1CCC2=O.[C-]#[N+]c1cccc2c1CC[C@H]2O. The van der Waals surface area contributed by atoms with E-state index < -0.39 is 12.2 Å². The van der Waals surface area contributed by atoms with Gasteiger partial charge in [-0.15, -0.1) is 0 Å². The fourth-order valence-corrected chi connectivity index (χ4v) is 10.6. The number of oxime groups is 1. The van der Waals surface area contributed by atoms with Gasteiger partial charge in [-0.2, -0.15) is 4.98 Å². The maximum atomic E-state index is 11.2. The van der Waals surface area contributed by atoms with E-state index in [9.17, 15) is 24.9 Å². The summed E-state index contributed by atoms with van der Waals surface area (Å²) in [6, 6.07) is 33.2. The average molecular weight is 1120 g/mol. The van der Waals surface area contributed by atoms with E-state index in [1.54, 1.807) is 42.5 Å². The van der Waals surface area contributed by atoms with Gasteiger partial charge in [-0.05, 0) is 134 Å². The lowest BCUT2D eigenvalue weighted by Gasteiger charge is -2.11. The molecule has 5 aliphatic carbocycles. The van der Waals surface area contributed by atoms with Crippen LogP contribution >= 0.6 is 15.9 Å². The molecule has 0 bridgehead atoms. The minimum atomic E-state index is -0.430. The Bertz CT molecular complexity index is 3500. The van der Waals surface area contributed by atoms with Crippen LogP contribution in [0.4, 0.5) is 17.1 Å². The first kappa shape index (κ1) is 60.0. The molecule has 5 aliphatic rings. The van der Waals surface area contributed by atoms with Gasteiger partial charge in [0.1, 0.15) is 5.75 Å². The Labute approximate surface area is 470 Å². The Kier molecular flexibility index (Phi) is 21.2. The smallest absolute Gasteiger partial charge is 0.256 e. The van der Waals surface area contributed by atoms with Crippen LogP contribution in [0.5, 0.6) is 5.75 Å². The van der Waals surface area contributed by atoms with Gasteiger partial charge in [-0.1, -0.05) is 125 Å². The molecule has 15 nitrogen and oxygen atoms in total. The number of Topliss-reactive ketones (excluding diaryl/α,β-unsaturated/α-hetero) is 2. The number of aliphatic hydroxyl groups is 3. The number of carbonyl (C=O) groups excluding carboxylic acids is 2.